The Hall–Kier alpha value is -2.19. The lowest BCUT2D eigenvalue weighted by Gasteiger charge is -2.40. The van der Waals surface area contributed by atoms with Crippen molar-refractivity contribution in [3.63, 3.8) is 0 Å². The Kier molecular flexibility index (Phi) is 5.96. The predicted octanol–water partition coefficient (Wildman–Crippen LogP) is 1.43. The molecule has 0 aromatic rings. The summed E-state index contributed by atoms with van der Waals surface area (Å²) in [4.78, 5) is 44.3. The number of ether oxygens (including phenoxy) is 2. The van der Waals surface area contributed by atoms with Gasteiger partial charge in [-0.15, -0.1) is 0 Å². The molecule has 4 heterocycles. The summed E-state index contributed by atoms with van der Waals surface area (Å²) in [6.45, 7) is 7.88. The normalized spacial score (nSPS) is 38.9. The number of cyclic esters (lactones) is 1. The van der Waals surface area contributed by atoms with Gasteiger partial charge in [0.05, 0.1) is 25.2 Å². The highest BCUT2D eigenvalue weighted by atomic mass is 16.6. The minimum Gasteiger partial charge on any atom is -0.465 e. The number of carbonyl (C=O) groups is 3. The molecule has 1 N–H and O–H groups in total. The first-order chi connectivity index (χ1) is 15.2. The van der Waals surface area contributed by atoms with E-state index in [0.29, 0.717) is 19.4 Å². The van der Waals surface area contributed by atoms with Crippen LogP contribution in [0.15, 0.2) is 24.3 Å². The third-order valence-corrected chi connectivity index (χ3v) is 7.46. The van der Waals surface area contributed by atoms with Crippen molar-refractivity contribution in [3.05, 3.63) is 24.3 Å². The summed E-state index contributed by atoms with van der Waals surface area (Å²) >= 11 is 0. The Morgan fingerprint density at radius 3 is 2.53 bits per heavy atom. The molecule has 0 aliphatic carbocycles. The summed E-state index contributed by atoms with van der Waals surface area (Å²) in [5.74, 6) is -2.79. The van der Waals surface area contributed by atoms with Crippen LogP contribution in [0.1, 0.15) is 47.0 Å². The van der Waals surface area contributed by atoms with Gasteiger partial charge in [-0.2, -0.15) is 0 Å². The van der Waals surface area contributed by atoms with Crippen molar-refractivity contribution < 1.29 is 29.0 Å². The second-order valence-electron chi connectivity index (χ2n) is 9.60. The molecular formula is C24H34N2O6. The number of hydrogen-bond donors (Lipinski definition) is 1. The average molecular weight is 447 g/mol. The van der Waals surface area contributed by atoms with Gasteiger partial charge in [-0.1, -0.05) is 31.2 Å². The number of fused-ring (bicyclic) bond motifs is 2. The van der Waals surface area contributed by atoms with Gasteiger partial charge < -0.3 is 24.4 Å². The van der Waals surface area contributed by atoms with E-state index in [4.69, 9.17) is 9.47 Å². The molecule has 4 aliphatic rings. The molecule has 8 heteroatoms. The fourth-order valence-corrected chi connectivity index (χ4v) is 5.86. The highest BCUT2D eigenvalue weighted by Crippen LogP contribution is 2.58. The third kappa shape index (κ3) is 3.14. The Balaban J connectivity index is 1.93. The lowest BCUT2D eigenvalue weighted by molar-refractivity contribution is -0.163. The Morgan fingerprint density at radius 2 is 1.88 bits per heavy atom. The van der Waals surface area contributed by atoms with Crippen LogP contribution in [-0.2, 0) is 23.9 Å². The van der Waals surface area contributed by atoms with Crippen molar-refractivity contribution in [1.29, 1.82) is 0 Å². The van der Waals surface area contributed by atoms with E-state index in [-0.39, 0.29) is 31.1 Å². The molecule has 32 heavy (non-hydrogen) atoms. The fourth-order valence-electron chi connectivity index (χ4n) is 5.86. The zero-order valence-corrected chi connectivity index (χ0v) is 19.3. The van der Waals surface area contributed by atoms with E-state index in [2.05, 4.69) is 0 Å². The molecule has 6 atom stereocenters. The minimum atomic E-state index is -1.30. The fraction of sp³-hybridized carbons (Fsp3) is 0.708. The first-order valence-corrected chi connectivity index (χ1v) is 11.7. The monoisotopic (exact) mass is 446 g/mol. The molecule has 0 aromatic carbocycles. The van der Waals surface area contributed by atoms with Gasteiger partial charge in [-0.3, -0.25) is 14.4 Å². The topological polar surface area (TPSA) is 96.4 Å². The zero-order chi connectivity index (χ0) is 23.3. The molecule has 0 aromatic heterocycles. The molecular weight excluding hydrogens is 412 g/mol. The lowest BCUT2D eigenvalue weighted by atomic mass is 9.73. The summed E-state index contributed by atoms with van der Waals surface area (Å²) in [7, 11) is 0. The molecule has 2 fully saturated rings. The molecule has 4 aliphatic heterocycles. The number of esters is 1. The maximum Gasteiger partial charge on any atom is 0.313 e. The smallest absolute Gasteiger partial charge is 0.313 e. The van der Waals surface area contributed by atoms with Crippen LogP contribution in [0.3, 0.4) is 0 Å². The van der Waals surface area contributed by atoms with Crippen molar-refractivity contribution in [2.45, 2.75) is 76.3 Å². The van der Waals surface area contributed by atoms with Gasteiger partial charge in [-0.05, 0) is 40.0 Å². The number of carbonyl (C=O) groups excluding carboxylic acids is 3. The number of aliphatic hydroxyl groups is 1. The minimum absolute atomic E-state index is 0.0775. The quantitative estimate of drug-likeness (QED) is 0.518. The van der Waals surface area contributed by atoms with Gasteiger partial charge in [0.25, 0.3) is 0 Å². The number of likely N-dealkylation sites (tertiary alicyclic amines) is 1. The molecule has 2 amide bonds. The van der Waals surface area contributed by atoms with Gasteiger partial charge >= 0.3 is 5.97 Å². The van der Waals surface area contributed by atoms with Crippen molar-refractivity contribution in [2.75, 3.05) is 19.8 Å². The average Bonchev–Trinajstić information content (AvgIpc) is 3.14. The van der Waals surface area contributed by atoms with E-state index < -0.39 is 41.1 Å². The highest BCUT2D eigenvalue weighted by Gasteiger charge is 2.75. The van der Waals surface area contributed by atoms with Crippen LogP contribution in [0.4, 0.5) is 0 Å². The Bertz CT molecular complexity index is 853. The number of hydrogen-bond acceptors (Lipinski definition) is 6. The molecule has 176 valence electrons. The SMILES string of the molecule is CC[C@]12/C=C\CCCOC(=O)[C@H]1[C@H]1C(=O)N([C@H](C)CO)C3C(=O)N(C(C)C)CC=C[C@@]31O2. The molecule has 8 nitrogen and oxygen atoms in total. The van der Waals surface area contributed by atoms with Gasteiger partial charge in [0.1, 0.15) is 23.2 Å². The summed E-state index contributed by atoms with van der Waals surface area (Å²) in [5.41, 5.74) is -2.34. The third-order valence-electron chi connectivity index (χ3n) is 7.46. The number of rotatable bonds is 4. The summed E-state index contributed by atoms with van der Waals surface area (Å²) in [6.07, 6.45) is 9.50. The highest BCUT2D eigenvalue weighted by molar-refractivity contribution is 5.99. The maximum atomic E-state index is 13.9. The second-order valence-corrected chi connectivity index (χ2v) is 9.60. The van der Waals surface area contributed by atoms with Crippen molar-refractivity contribution in [1.82, 2.24) is 9.80 Å². The number of amides is 2. The first kappa shape index (κ1) is 23.0. The molecule has 0 radical (unpaired) electrons. The first-order valence-electron chi connectivity index (χ1n) is 11.7. The maximum absolute atomic E-state index is 13.9. The van der Waals surface area contributed by atoms with Crippen LogP contribution in [-0.4, -0.2) is 81.8 Å². The van der Waals surface area contributed by atoms with E-state index in [1.54, 1.807) is 11.8 Å². The van der Waals surface area contributed by atoms with Crippen molar-refractivity contribution >= 4 is 17.8 Å². The van der Waals surface area contributed by atoms with Gasteiger partial charge in [-0.25, -0.2) is 0 Å². The Morgan fingerprint density at radius 1 is 1.12 bits per heavy atom. The summed E-state index contributed by atoms with van der Waals surface area (Å²) in [6, 6.07) is -1.63. The van der Waals surface area contributed by atoms with E-state index in [1.165, 1.54) is 4.90 Å². The molecule has 1 unspecified atom stereocenters. The van der Waals surface area contributed by atoms with Crippen LogP contribution in [0, 0.1) is 11.8 Å². The number of nitrogens with zero attached hydrogens (tertiary/aromatic N) is 2. The van der Waals surface area contributed by atoms with Crippen LogP contribution >= 0.6 is 0 Å². The zero-order valence-electron chi connectivity index (χ0n) is 19.3. The largest absolute Gasteiger partial charge is 0.465 e. The Labute approximate surface area is 189 Å². The summed E-state index contributed by atoms with van der Waals surface area (Å²) in [5, 5.41) is 9.92. The van der Waals surface area contributed by atoms with Crippen LogP contribution in [0.25, 0.3) is 0 Å². The van der Waals surface area contributed by atoms with Crippen LogP contribution in [0.5, 0.6) is 0 Å². The standard InChI is InChI=1S/C24H34N2O6/c1-5-23-10-7-6-8-13-31-22(30)18(23)17-20(28)26(16(4)14-27)19-21(29)25(15(2)3)12-9-11-24(17,19)32-23/h7,9-11,15-19,27H,5-6,8,12-14H2,1-4H3/b10-7-/t16-,17+,18-,19?,23+,24+/m1/s1. The molecule has 4 rings (SSSR count). The van der Waals surface area contributed by atoms with Crippen molar-refractivity contribution in [3.8, 4) is 0 Å². The van der Waals surface area contributed by atoms with E-state index >= 15 is 0 Å². The molecule has 1 spiro atoms. The van der Waals surface area contributed by atoms with E-state index in [1.807, 2.05) is 45.1 Å². The lowest BCUT2D eigenvalue weighted by Crippen LogP contribution is -2.59. The molecule has 0 bridgehead atoms. The van der Waals surface area contributed by atoms with E-state index in [9.17, 15) is 19.5 Å². The van der Waals surface area contributed by atoms with Gasteiger partial charge in [0, 0.05) is 12.6 Å². The van der Waals surface area contributed by atoms with Gasteiger partial charge in [0.2, 0.25) is 11.8 Å². The van der Waals surface area contributed by atoms with Crippen LogP contribution in [0.2, 0.25) is 0 Å². The number of aliphatic hydroxyl groups excluding tert-OH is 1. The second kappa shape index (κ2) is 8.30. The summed E-state index contributed by atoms with van der Waals surface area (Å²) < 4.78 is 12.4. The molecule has 0 saturated carbocycles. The molecule has 2 saturated heterocycles. The van der Waals surface area contributed by atoms with E-state index in [0.717, 1.165) is 6.42 Å². The predicted molar refractivity (Wildman–Crippen MR) is 116 cm³/mol. The van der Waals surface area contributed by atoms with Crippen molar-refractivity contribution in [2.24, 2.45) is 11.8 Å². The number of allylic oxidation sites excluding steroid dienone is 1. The van der Waals surface area contributed by atoms with Crippen LogP contribution < -0.4 is 0 Å². The van der Waals surface area contributed by atoms with Gasteiger partial charge in [0.15, 0.2) is 0 Å².